The average Bonchev–Trinajstić information content (AvgIpc) is 3.05. The number of nitro groups is 1. The van der Waals surface area contributed by atoms with E-state index < -0.39 is 22.8 Å². The van der Waals surface area contributed by atoms with E-state index >= 15 is 0 Å². The molecule has 3 rings (SSSR count). The van der Waals surface area contributed by atoms with Crippen molar-refractivity contribution in [2.75, 3.05) is 5.32 Å². The molecule has 0 saturated carbocycles. The van der Waals surface area contributed by atoms with Crippen molar-refractivity contribution in [3.8, 4) is 0 Å². The number of nitrogens with zero attached hydrogens (tertiary/aromatic N) is 3. The van der Waals surface area contributed by atoms with E-state index in [1.807, 2.05) is 0 Å². The Morgan fingerprint density at radius 1 is 1.26 bits per heavy atom. The number of non-ortho nitro benzene ring substituents is 1. The molecule has 0 aliphatic heterocycles. The monoisotopic (exact) mass is 369 g/mol. The summed E-state index contributed by atoms with van der Waals surface area (Å²) >= 11 is 0. The second-order valence-corrected chi connectivity index (χ2v) is 5.79. The van der Waals surface area contributed by atoms with Gasteiger partial charge in [-0.1, -0.05) is 18.2 Å². The number of nitro benzene ring substituents is 1. The molecule has 9 heteroatoms. The van der Waals surface area contributed by atoms with Gasteiger partial charge < -0.3 is 15.2 Å². The Morgan fingerprint density at radius 2 is 2.04 bits per heavy atom. The van der Waals surface area contributed by atoms with Gasteiger partial charge in [-0.05, 0) is 23.8 Å². The number of nitrogens with one attached hydrogen (secondary N) is 2. The van der Waals surface area contributed by atoms with Gasteiger partial charge >= 0.3 is 6.03 Å². The molecule has 0 fully saturated rings. The number of anilines is 1. The molecule has 0 spiro atoms. The zero-order valence-electron chi connectivity index (χ0n) is 14.3. The minimum absolute atomic E-state index is 0.140. The quantitative estimate of drug-likeness (QED) is 0.532. The summed E-state index contributed by atoms with van der Waals surface area (Å²) in [4.78, 5) is 27.0. The van der Waals surface area contributed by atoms with Gasteiger partial charge in [0.15, 0.2) is 0 Å². The lowest BCUT2D eigenvalue weighted by Gasteiger charge is -2.19. The van der Waals surface area contributed by atoms with Crippen LogP contribution in [0.2, 0.25) is 0 Å². The van der Waals surface area contributed by atoms with E-state index in [0.29, 0.717) is 11.4 Å². The maximum Gasteiger partial charge on any atom is 0.320 e. The molecular weight excluding hydrogens is 353 g/mol. The molecule has 27 heavy (non-hydrogen) atoms. The van der Waals surface area contributed by atoms with Gasteiger partial charge in [-0.15, -0.1) is 0 Å². The van der Waals surface area contributed by atoms with Gasteiger partial charge in [0, 0.05) is 37.3 Å². The number of carbonyl (C=O) groups is 1. The Balaban J connectivity index is 1.84. The summed E-state index contributed by atoms with van der Waals surface area (Å²) in [5.74, 6) is 0.0717. The third kappa shape index (κ3) is 4.27. The van der Waals surface area contributed by atoms with Crippen LogP contribution in [0.15, 0.2) is 60.9 Å². The van der Waals surface area contributed by atoms with E-state index in [-0.39, 0.29) is 11.4 Å². The third-order valence-corrected chi connectivity index (χ3v) is 3.89. The largest absolute Gasteiger partial charge is 0.336 e. The number of amides is 2. The zero-order valence-corrected chi connectivity index (χ0v) is 14.3. The third-order valence-electron chi connectivity index (χ3n) is 3.89. The van der Waals surface area contributed by atoms with Crippen molar-refractivity contribution in [1.82, 2.24) is 14.9 Å². The summed E-state index contributed by atoms with van der Waals surface area (Å²) in [5, 5.41) is 16.1. The van der Waals surface area contributed by atoms with Crippen LogP contribution < -0.4 is 10.6 Å². The fourth-order valence-corrected chi connectivity index (χ4v) is 2.63. The Kier molecular flexibility index (Phi) is 5.11. The molecule has 0 aliphatic carbocycles. The predicted molar refractivity (Wildman–Crippen MR) is 96.7 cm³/mol. The zero-order chi connectivity index (χ0) is 19.4. The highest BCUT2D eigenvalue weighted by Crippen LogP contribution is 2.22. The molecule has 2 N–H and O–H groups in total. The Hall–Kier alpha value is -3.75. The highest BCUT2D eigenvalue weighted by Gasteiger charge is 2.21. The van der Waals surface area contributed by atoms with Crippen LogP contribution in [0.3, 0.4) is 0 Å². The van der Waals surface area contributed by atoms with Crippen LogP contribution in [-0.4, -0.2) is 20.5 Å². The number of imidazole rings is 1. The SMILES string of the molecule is Cn1ccnc1[C@H](NC(=O)Nc1cccc([N+](=O)[O-])c1)c1cccc(F)c1. The number of hydrogen-bond donors (Lipinski definition) is 2. The maximum atomic E-state index is 13.7. The van der Waals surface area contributed by atoms with Gasteiger partial charge in [-0.2, -0.15) is 0 Å². The fraction of sp³-hybridized carbons (Fsp3) is 0.111. The molecule has 8 nitrogen and oxygen atoms in total. The maximum absolute atomic E-state index is 13.7. The van der Waals surface area contributed by atoms with Crippen LogP contribution >= 0.6 is 0 Å². The topological polar surface area (TPSA) is 102 Å². The number of carbonyl (C=O) groups excluding carboxylic acids is 1. The molecule has 138 valence electrons. The predicted octanol–water partition coefficient (Wildman–Crippen LogP) is 3.38. The molecule has 1 atom stereocenters. The summed E-state index contributed by atoms with van der Waals surface area (Å²) in [5.41, 5.74) is 0.636. The Bertz CT molecular complexity index is 988. The lowest BCUT2D eigenvalue weighted by molar-refractivity contribution is -0.384. The number of benzene rings is 2. The number of aryl methyl sites for hydroxylation is 1. The van der Waals surface area contributed by atoms with Gasteiger partial charge in [0.1, 0.15) is 17.7 Å². The lowest BCUT2D eigenvalue weighted by atomic mass is 10.1. The number of urea groups is 1. The highest BCUT2D eigenvalue weighted by atomic mass is 19.1. The molecule has 2 aromatic carbocycles. The first-order valence-electron chi connectivity index (χ1n) is 7.98. The second kappa shape index (κ2) is 7.65. The van der Waals surface area contributed by atoms with Gasteiger partial charge in [-0.25, -0.2) is 14.2 Å². The molecular formula is C18H16FN5O3. The standard InChI is InChI=1S/C18H16FN5O3/c1-23-9-8-20-17(23)16(12-4-2-5-13(19)10-12)22-18(25)21-14-6-3-7-15(11-14)24(26)27/h2-11,16H,1H3,(H2,21,22,25)/t16-/m1/s1. The molecule has 2 amide bonds. The summed E-state index contributed by atoms with van der Waals surface area (Å²) in [6, 6.07) is 10.1. The normalized spacial score (nSPS) is 11.6. The lowest BCUT2D eigenvalue weighted by Crippen LogP contribution is -2.34. The first kappa shape index (κ1) is 18.1. The van der Waals surface area contributed by atoms with Crippen molar-refractivity contribution in [2.24, 2.45) is 7.05 Å². The average molecular weight is 369 g/mol. The summed E-state index contributed by atoms with van der Waals surface area (Å²) in [6.07, 6.45) is 3.28. The van der Waals surface area contributed by atoms with Gasteiger partial charge in [0.25, 0.3) is 5.69 Å². The smallest absolute Gasteiger partial charge is 0.320 e. The number of aromatic nitrogens is 2. The van der Waals surface area contributed by atoms with E-state index in [9.17, 15) is 19.3 Å². The first-order chi connectivity index (χ1) is 12.9. The molecule has 0 bridgehead atoms. The summed E-state index contributed by atoms with van der Waals surface area (Å²) in [7, 11) is 1.76. The van der Waals surface area contributed by atoms with E-state index in [1.165, 1.54) is 36.4 Å². The summed E-state index contributed by atoms with van der Waals surface area (Å²) in [6.45, 7) is 0. The molecule has 0 aliphatic rings. The molecule has 0 saturated heterocycles. The van der Waals surface area contributed by atoms with E-state index in [0.717, 1.165) is 0 Å². The number of halogens is 1. The van der Waals surface area contributed by atoms with Crippen LogP contribution in [0.5, 0.6) is 0 Å². The molecule has 3 aromatic rings. The van der Waals surface area contributed by atoms with Gasteiger partial charge in [0.2, 0.25) is 0 Å². The first-order valence-corrected chi connectivity index (χ1v) is 7.98. The Morgan fingerprint density at radius 3 is 2.70 bits per heavy atom. The van der Waals surface area contributed by atoms with Crippen molar-refractivity contribution in [3.63, 3.8) is 0 Å². The molecule has 0 unspecified atom stereocenters. The fourth-order valence-electron chi connectivity index (χ4n) is 2.63. The van der Waals surface area contributed by atoms with Crippen LogP contribution in [0.25, 0.3) is 0 Å². The molecule has 1 heterocycles. The molecule has 1 aromatic heterocycles. The van der Waals surface area contributed by atoms with Gasteiger partial charge in [0.05, 0.1) is 4.92 Å². The Labute approximate surface area is 153 Å². The summed E-state index contributed by atoms with van der Waals surface area (Å²) < 4.78 is 15.4. The number of rotatable bonds is 5. The van der Waals surface area contributed by atoms with Crippen molar-refractivity contribution < 1.29 is 14.1 Å². The number of hydrogen-bond acceptors (Lipinski definition) is 4. The van der Waals surface area contributed by atoms with Crippen molar-refractivity contribution in [1.29, 1.82) is 0 Å². The molecule has 0 radical (unpaired) electrons. The van der Waals surface area contributed by atoms with Crippen molar-refractivity contribution in [2.45, 2.75) is 6.04 Å². The van der Waals surface area contributed by atoms with Crippen LogP contribution in [-0.2, 0) is 7.05 Å². The second-order valence-electron chi connectivity index (χ2n) is 5.79. The van der Waals surface area contributed by atoms with Crippen molar-refractivity contribution >= 4 is 17.4 Å². The van der Waals surface area contributed by atoms with E-state index in [1.54, 1.807) is 36.1 Å². The minimum atomic E-state index is -0.709. The minimum Gasteiger partial charge on any atom is -0.336 e. The van der Waals surface area contributed by atoms with Crippen molar-refractivity contribution in [3.05, 3.63) is 88.2 Å². The van der Waals surface area contributed by atoms with E-state index in [2.05, 4.69) is 15.6 Å². The van der Waals surface area contributed by atoms with E-state index in [4.69, 9.17) is 0 Å². The van der Waals surface area contributed by atoms with Crippen LogP contribution in [0.1, 0.15) is 17.4 Å². The van der Waals surface area contributed by atoms with Crippen LogP contribution in [0.4, 0.5) is 20.6 Å². The van der Waals surface area contributed by atoms with Gasteiger partial charge in [-0.3, -0.25) is 10.1 Å². The van der Waals surface area contributed by atoms with Crippen LogP contribution in [0, 0.1) is 15.9 Å². The highest BCUT2D eigenvalue weighted by molar-refractivity contribution is 5.90.